The first kappa shape index (κ1) is 7.63. The normalized spacial score (nSPS) is 8.12. The lowest BCUT2D eigenvalue weighted by Crippen LogP contribution is -2.34. The smallest absolute Gasteiger partial charge is 0.333 e. The van der Waals surface area contributed by atoms with Gasteiger partial charge >= 0.3 is 11.8 Å². The molecule has 0 spiro atoms. The van der Waals surface area contributed by atoms with Crippen LogP contribution in [0.3, 0.4) is 0 Å². The molecule has 0 fully saturated rings. The summed E-state index contributed by atoms with van der Waals surface area (Å²) in [7, 11) is 0. The highest BCUT2D eigenvalue weighted by Gasteiger charge is 2.05. The SMILES string of the molecule is NC(=O)C(=O)NOI. The molecule has 5 nitrogen and oxygen atoms in total. The van der Waals surface area contributed by atoms with Gasteiger partial charge in [0.2, 0.25) is 0 Å². The van der Waals surface area contributed by atoms with Gasteiger partial charge in [0, 0.05) is 0 Å². The number of nitrogens with two attached hydrogens (primary N) is 1. The molecule has 0 rings (SSSR count). The number of hydrogen-bond donors (Lipinski definition) is 2. The zero-order valence-corrected chi connectivity index (χ0v) is 5.84. The molecular formula is C2H3IN2O3. The Kier molecular flexibility index (Phi) is 3.44. The van der Waals surface area contributed by atoms with Gasteiger partial charge in [-0.2, -0.15) is 0 Å². The van der Waals surface area contributed by atoms with Crippen molar-refractivity contribution in [3.8, 4) is 0 Å². The first-order chi connectivity index (χ1) is 3.68. The monoisotopic (exact) mass is 230 g/mol. The molecule has 0 aliphatic carbocycles. The first-order valence-electron chi connectivity index (χ1n) is 1.56. The molecule has 0 unspecified atom stereocenters. The van der Waals surface area contributed by atoms with Crippen LogP contribution in [0.4, 0.5) is 0 Å². The van der Waals surface area contributed by atoms with E-state index < -0.39 is 11.8 Å². The average molecular weight is 230 g/mol. The fraction of sp³-hybridized carbons (Fsp3) is 0. The number of carbonyl (C=O) groups excluding carboxylic acids is 2. The van der Waals surface area contributed by atoms with Crippen molar-refractivity contribution in [2.75, 3.05) is 0 Å². The van der Waals surface area contributed by atoms with Crippen molar-refractivity contribution in [3.05, 3.63) is 0 Å². The maximum absolute atomic E-state index is 10.0. The minimum absolute atomic E-state index is 0.959. The van der Waals surface area contributed by atoms with E-state index in [1.807, 2.05) is 0 Å². The lowest BCUT2D eigenvalue weighted by atomic mass is 10.6. The van der Waals surface area contributed by atoms with Crippen molar-refractivity contribution in [3.63, 3.8) is 0 Å². The minimum atomic E-state index is -1.07. The van der Waals surface area contributed by atoms with Crippen molar-refractivity contribution in [1.29, 1.82) is 0 Å². The Morgan fingerprint density at radius 3 is 2.25 bits per heavy atom. The molecule has 0 saturated carbocycles. The van der Waals surface area contributed by atoms with Crippen LogP contribution >= 0.6 is 23.0 Å². The second kappa shape index (κ2) is 3.61. The van der Waals surface area contributed by atoms with E-state index >= 15 is 0 Å². The van der Waals surface area contributed by atoms with Gasteiger partial charge in [-0.15, -0.1) is 0 Å². The molecule has 0 heterocycles. The second-order valence-corrected chi connectivity index (χ2v) is 1.31. The Labute approximate surface area is 59.2 Å². The molecule has 0 aliphatic heterocycles. The van der Waals surface area contributed by atoms with Crippen molar-refractivity contribution < 1.29 is 12.8 Å². The van der Waals surface area contributed by atoms with Crippen molar-refractivity contribution in [2.24, 2.45) is 5.73 Å². The molecule has 0 radical (unpaired) electrons. The fourth-order valence-corrected chi connectivity index (χ4v) is 0.285. The topological polar surface area (TPSA) is 81.4 Å². The quantitative estimate of drug-likeness (QED) is 0.339. The molecule has 2 amide bonds. The second-order valence-electron chi connectivity index (χ2n) is 0.873. The van der Waals surface area contributed by atoms with Crippen molar-refractivity contribution >= 4 is 34.8 Å². The van der Waals surface area contributed by atoms with E-state index in [-0.39, 0.29) is 0 Å². The van der Waals surface area contributed by atoms with Crippen LogP contribution in [0, 0.1) is 0 Å². The summed E-state index contributed by atoms with van der Waals surface area (Å²) in [5.41, 5.74) is 6.21. The lowest BCUT2D eigenvalue weighted by molar-refractivity contribution is -0.140. The van der Waals surface area contributed by atoms with Crippen LogP contribution in [0.1, 0.15) is 0 Å². The van der Waals surface area contributed by atoms with Gasteiger partial charge in [-0.25, -0.2) is 8.65 Å². The van der Waals surface area contributed by atoms with Gasteiger partial charge in [-0.05, 0) is 0 Å². The molecule has 0 aromatic heterocycles. The third-order valence-corrected chi connectivity index (χ3v) is 0.575. The van der Waals surface area contributed by atoms with Crippen molar-refractivity contribution in [2.45, 2.75) is 0 Å². The lowest BCUT2D eigenvalue weighted by Gasteiger charge is -1.91. The third kappa shape index (κ3) is 2.75. The van der Waals surface area contributed by atoms with E-state index in [4.69, 9.17) is 0 Å². The van der Waals surface area contributed by atoms with Crippen LogP contribution in [0.5, 0.6) is 0 Å². The highest BCUT2D eigenvalue weighted by molar-refractivity contribution is 14.1. The Bertz CT molecular complexity index is 114. The van der Waals surface area contributed by atoms with Gasteiger partial charge < -0.3 is 5.73 Å². The Morgan fingerprint density at radius 2 is 2.12 bits per heavy atom. The van der Waals surface area contributed by atoms with Crippen LogP contribution in [0.15, 0.2) is 0 Å². The molecule has 8 heavy (non-hydrogen) atoms. The largest absolute Gasteiger partial charge is 0.361 e. The summed E-state index contributed by atoms with van der Waals surface area (Å²) in [6, 6.07) is 0. The zero-order chi connectivity index (χ0) is 6.57. The van der Waals surface area contributed by atoms with Crippen LogP contribution in [0.25, 0.3) is 0 Å². The standard InChI is InChI=1S/C2H3IN2O3/c3-8-5-2(7)1(4)6/h(H2,4,6)(H,5,7). The van der Waals surface area contributed by atoms with Gasteiger partial charge in [0.25, 0.3) is 0 Å². The molecule has 3 N–H and O–H groups in total. The van der Waals surface area contributed by atoms with Gasteiger partial charge in [0.05, 0.1) is 0 Å². The number of nitrogens with one attached hydrogen (secondary N) is 1. The van der Waals surface area contributed by atoms with Crippen molar-refractivity contribution in [1.82, 2.24) is 5.48 Å². The maximum atomic E-state index is 10.0. The number of hydrogen-bond acceptors (Lipinski definition) is 3. The number of carbonyl (C=O) groups is 2. The molecule has 0 aromatic rings. The molecule has 0 saturated heterocycles. The summed E-state index contributed by atoms with van der Waals surface area (Å²) in [5, 5.41) is 0. The summed E-state index contributed by atoms with van der Waals surface area (Å²) in [5.74, 6) is -2.03. The molecular weight excluding hydrogens is 227 g/mol. The predicted molar refractivity (Wildman–Crippen MR) is 32.4 cm³/mol. The van der Waals surface area contributed by atoms with E-state index in [0.29, 0.717) is 0 Å². The molecule has 0 atom stereocenters. The molecule has 0 aliphatic rings. The maximum Gasteiger partial charge on any atom is 0.333 e. The number of halogens is 1. The predicted octanol–water partition coefficient (Wildman–Crippen LogP) is -1.13. The Morgan fingerprint density at radius 1 is 1.62 bits per heavy atom. The summed E-state index contributed by atoms with van der Waals surface area (Å²) in [4.78, 5) is 19.8. The van der Waals surface area contributed by atoms with Crippen LogP contribution in [-0.2, 0) is 12.8 Å². The average Bonchev–Trinajstić information content (AvgIpc) is 1.67. The van der Waals surface area contributed by atoms with Gasteiger partial charge in [-0.1, -0.05) is 0 Å². The zero-order valence-electron chi connectivity index (χ0n) is 3.68. The van der Waals surface area contributed by atoms with E-state index in [1.54, 1.807) is 5.48 Å². The van der Waals surface area contributed by atoms with Crippen LogP contribution in [-0.4, -0.2) is 11.8 Å². The van der Waals surface area contributed by atoms with Crippen LogP contribution < -0.4 is 11.2 Å². The van der Waals surface area contributed by atoms with E-state index in [2.05, 4.69) is 8.90 Å². The van der Waals surface area contributed by atoms with E-state index in [0.717, 1.165) is 0 Å². The molecule has 0 aromatic carbocycles. The molecule has 0 bridgehead atoms. The molecule has 46 valence electrons. The van der Waals surface area contributed by atoms with E-state index in [9.17, 15) is 9.59 Å². The number of amides is 2. The number of hydroxylamine groups is 1. The highest BCUT2D eigenvalue weighted by Crippen LogP contribution is 1.75. The summed E-state index contributed by atoms with van der Waals surface area (Å²) >= 11 is 1.40. The summed E-state index contributed by atoms with van der Waals surface area (Å²) in [6.45, 7) is 0. The molecule has 6 heteroatoms. The first-order valence-corrected chi connectivity index (χ1v) is 2.44. The summed E-state index contributed by atoms with van der Waals surface area (Å²) in [6.07, 6.45) is 0. The minimum Gasteiger partial charge on any atom is -0.361 e. The highest BCUT2D eigenvalue weighted by atomic mass is 127. The van der Waals surface area contributed by atoms with Crippen LogP contribution in [0.2, 0.25) is 0 Å². The number of rotatable bonds is 1. The third-order valence-electron chi connectivity index (χ3n) is 0.355. The summed E-state index contributed by atoms with van der Waals surface area (Å²) < 4.78 is 4.03. The number of primary amides is 1. The van der Waals surface area contributed by atoms with E-state index in [1.165, 1.54) is 23.0 Å². The fourth-order valence-electron chi connectivity index (χ4n) is 0.0853. The van der Waals surface area contributed by atoms with Gasteiger partial charge in [0.1, 0.15) is 23.0 Å². The van der Waals surface area contributed by atoms with Gasteiger partial charge in [-0.3, -0.25) is 9.59 Å². The Balaban J connectivity index is 3.49. The van der Waals surface area contributed by atoms with Gasteiger partial charge in [0.15, 0.2) is 0 Å². The Hall–Kier alpha value is -0.370.